The third-order valence-corrected chi connectivity index (χ3v) is 10.9. The summed E-state index contributed by atoms with van der Waals surface area (Å²) in [6.07, 6.45) is 0. The van der Waals surface area contributed by atoms with Gasteiger partial charge in [0.25, 0.3) is 0 Å². The summed E-state index contributed by atoms with van der Waals surface area (Å²) < 4.78 is 6.75. The van der Waals surface area contributed by atoms with Crippen molar-refractivity contribution in [2.24, 2.45) is 0 Å². The second-order valence-corrected chi connectivity index (χ2v) is 14.4. The summed E-state index contributed by atoms with van der Waals surface area (Å²) in [4.78, 5) is 17.5. The average molecular weight is 743 g/mol. The molecule has 11 rings (SSSR count). The number of nitrogens with zero attached hydrogens (tertiary/aromatic N) is 4. The molecule has 2 aromatic heterocycles. The Labute approximate surface area is 335 Å². The summed E-state index contributed by atoms with van der Waals surface area (Å²) >= 11 is 0. The Morgan fingerprint density at radius 3 is 1.43 bits per heavy atom. The van der Waals surface area contributed by atoms with Gasteiger partial charge in [-0.2, -0.15) is 0 Å². The Hall–Kier alpha value is -7.89. The van der Waals surface area contributed by atoms with Crippen molar-refractivity contribution in [1.82, 2.24) is 15.0 Å². The summed E-state index contributed by atoms with van der Waals surface area (Å²) in [7, 11) is 0. The van der Waals surface area contributed by atoms with Crippen molar-refractivity contribution in [3.05, 3.63) is 206 Å². The van der Waals surface area contributed by atoms with Crippen LogP contribution in [0.2, 0.25) is 0 Å². The van der Waals surface area contributed by atoms with Crippen LogP contribution >= 0.6 is 0 Å². The van der Waals surface area contributed by atoms with E-state index in [0.717, 1.165) is 66.8 Å². The molecule has 11 aromatic rings. The average Bonchev–Trinajstić information content (AvgIpc) is 3.69. The molecular weight excluding hydrogens is 709 g/mol. The minimum Gasteiger partial charge on any atom is -0.455 e. The number of aromatic nitrogens is 3. The van der Waals surface area contributed by atoms with E-state index in [1.165, 1.54) is 21.5 Å². The molecule has 0 saturated carbocycles. The van der Waals surface area contributed by atoms with Crippen LogP contribution in [0.25, 0.3) is 88.8 Å². The number of benzene rings is 9. The maximum Gasteiger partial charge on any atom is 0.164 e. The van der Waals surface area contributed by atoms with E-state index >= 15 is 0 Å². The molecule has 58 heavy (non-hydrogen) atoms. The number of hydrogen-bond acceptors (Lipinski definition) is 5. The van der Waals surface area contributed by atoms with E-state index in [-0.39, 0.29) is 0 Å². The van der Waals surface area contributed by atoms with E-state index in [4.69, 9.17) is 19.4 Å². The quantitative estimate of drug-likeness (QED) is 0.163. The molecule has 0 amide bonds. The highest BCUT2D eigenvalue weighted by atomic mass is 16.3. The summed E-state index contributed by atoms with van der Waals surface area (Å²) in [5.41, 5.74) is 9.60. The van der Waals surface area contributed by atoms with Crippen LogP contribution in [0.15, 0.2) is 211 Å². The Balaban J connectivity index is 1.06. The number of hydrogen-bond donors (Lipinski definition) is 0. The standard InChI is InChI=1S/C53H34N4O/c1-3-15-38(16-4-1)51-54-52(39-17-5-2-6-18-39)56-53(55-51)47-32-31-45(50-49(47)46-21-11-12-22-48(46)58-50)37-25-27-42(28-26-37)57(43-29-23-35-13-7-9-19-40(35)33-43)44-30-24-36-14-8-10-20-41(36)34-44/h1-34H. The highest BCUT2D eigenvalue weighted by Gasteiger charge is 2.21. The Bertz CT molecular complexity index is 3150. The zero-order valence-corrected chi connectivity index (χ0v) is 31.3. The lowest BCUT2D eigenvalue weighted by Crippen LogP contribution is -2.09. The lowest BCUT2D eigenvalue weighted by molar-refractivity contribution is 0.670. The Morgan fingerprint density at radius 1 is 0.345 bits per heavy atom. The summed E-state index contributed by atoms with van der Waals surface area (Å²) in [5, 5.41) is 6.79. The van der Waals surface area contributed by atoms with Crippen LogP contribution in [0.4, 0.5) is 17.1 Å². The number of anilines is 3. The number of rotatable bonds is 7. The van der Waals surface area contributed by atoms with Crippen LogP contribution in [-0.2, 0) is 0 Å². The SMILES string of the molecule is c1ccc(-c2nc(-c3ccccc3)nc(-c3ccc(-c4ccc(N(c5ccc6ccccc6c5)c5ccc6ccccc6c5)cc4)c4oc5ccccc5c34)n2)cc1. The van der Waals surface area contributed by atoms with Gasteiger partial charge in [0, 0.05) is 50.1 Å². The molecule has 0 spiro atoms. The third-order valence-electron chi connectivity index (χ3n) is 10.9. The lowest BCUT2D eigenvalue weighted by Gasteiger charge is -2.26. The Morgan fingerprint density at radius 2 is 0.828 bits per heavy atom. The number of furan rings is 1. The molecule has 0 radical (unpaired) electrons. The van der Waals surface area contributed by atoms with E-state index in [1.807, 2.05) is 72.8 Å². The van der Waals surface area contributed by atoms with Crippen molar-refractivity contribution in [1.29, 1.82) is 0 Å². The zero-order valence-electron chi connectivity index (χ0n) is 31.3. The van der Waals surface area contributed by atoms with Crippen LogP contribution in [0.5, 0.6) is 0 Å². The minimum absolute atomic E-state index is 0.590. The molecule has 5 nitrogen and oxygen atoms in total. The first kappa shape index (κ1) is 33.4. The normalized spacial score (nSPS) is 11.4. The van der Waals surface area contributed by atoms with Crippen molar-refractivity contribution in [3.8, 4) is 45.3 Å². The molecule has 0 atom stereocenters. The summed E-state index contributed by atoms with van der Waals surface area (Å²) in [6, 6.07) is 71.7. The predicted molar refractivity (Wildman–Crippen MR) is 239 cm³/mol. The molecule has 0 unspecified atom stereocenters. The molecule has 2 heterocycles. The van der Waals surface area contributed by atoms with Gasteiger partial charge >= 0.3 is 0 Å². The zero-order chi connectivity index (χ0) is 38.4. The monoisotopic (exact) mass is 742 g/mol. The van der Waals surface area contributed by atoms with Gasteiger partial charge in [-0.15, -0.1) is 0 Å². The fourth-order valence-electron chi connectivity index (χ4n) is 8.04. The van der Waals surface area contributed by atoms with Crippen LogP contribution in [-0.4, -0.2) is 15.0 Å². The fourth-order valence-corrected chi connectivity index (χ4v) is 8.04. The first-order chi connectivity index (χ1) is 28.7. The third kappa shape index (κ3) is 5.94. The van der Waals surface area contributed by atoms with Gasteiger partial charge in [0.05, 0.1) is 0 Å². The maximum atomic E-state index is 6.75. The first-order valence-corrected chi connectivity index (χ1v) is 19.4. The largest absolute Gasteiger partial charge is 0.455 e. The van der Waals surface area contributed by atoms with E-state index in [9.17, 15) is 0 Å². The highest BCUT2D eigenvalue weighted by molar-refractivity contribution is 6.15. The van der Waals surface area contributed by atoms with Gasteiger partial charge in [-0.25, -0.2) is 15.0 Å². The molecule has 0 saturated heterocycles. The van der Waals surface area contributed by atoms with Gasteiger partial charge in [0.2, 0.25) is 0 Å². The summed E-state index contributed by atoms with van der Waals surface area (Å²) in [6.45, 7) is 0. The smallest absolute Gasteiger partial charge is 0.164 e. The fraction of sp³-hybridized carbons (Fsp3) is 0. The lowest BCUT2D eigenvalue weighted by atomic mass is 9.97. The minimum atomic E-state index is 0.590. The molecule has 0 aliphatic carbocycles. The molecule has 272 valence electrons. The van der Waals surface area contributed by atoms with Crippen molar-refractivity contribution in [2.45, 2.75) is 0 Å². The van der Waals surface area contributed by atoms with Crippen molar-refractivity contribution in [2.75, 3.05) is 4.90 Å². The van der Waals surface area contributed by atoms with Crippen LogP contribution in [0.3, 0.4) is 0 Å². The predicted octanol–water partition coefficient (Wildman–Crippen LogP) is 14.2. The number of para-hydroxylation sites is 1. The second-order valence-electron chi connectivity index (χ2n) is 14.4. The maximum absolute atomic E-state index is 6.75. The van der Waals surface area contributed by atoms with Gasteiger partial charge in [-0.05, 0) is 81.7 Å². The van der Waals surface area contributed by atoms with Crippen molar-refractivity contribution >= 4 is 60.5 Å². The second kappa shape index (κ2) is 14.0. The van der Waals surface area contributed by atoms with Gasteiger partial charge in [0.1, 0.15) is 11.2 Å². The van der Waals surface area contributed by atoms with E-state index in [1.54, 1.807) is 0 Å². The number of fused-ring (bicyclic) bond motifs is 5. The van der Waals surface area contributed by atoms with Crippen molar-refractivity contribution in [3.63, 3.8) is 0 Å². The Kier molecular flexibility index (Phi) is 8.07. The van der Waals surface area contributed by atoms with Crippen molar-refractivity contribution < 1.29 is 4.42 Å². The van der Waals surface area contributed by atoms with Crippen LogP contribution < -0.4 is 4.90 Å². The summed E-state index contributed by atoms with van der Waals surface area (Å²) in [5.74, 6) is 1.83. The molecule has 0 fully saturated rings. The van der Waals surface area contributed by atoms with E-state index in [2.05, 4.69) is 138 Å². The molecule has 9 aromatic carbocycles. The van der Waals surface area contributed by atoms with Gasteiger partial charge in [-0.3, -0.25) is 0 Å². The molecule has 0 bridgehead atoms. The van der Waals surface area contributed by atoms with Crippen LogP contribution in [0.1, 0.15) is 0 Å². The molecule has 0 N–H and O–H groups in total. The highest BCUT2D eigenvalue weighted by Crippen LogP contribution is 2.43. The molecule has 0 aliphatic heterocycles. The first-order valence-electron chi connectivity index (χ1n) is 19.4. The van der Waals surface area contributed by atoms with E-state index < -0.39 is 0 Å². The topological polar surface area (TPSA) is 55.1 Å². The van der Waals surface area contributed by atoms with Gasteiger partial charge < -0.3 is 9.32 Å². The van der Waals surface area contributed by atoms with Gasteiger partial charge in [-0.1, -0.05) is 152 Å². The molecule has 0 aliphatic rings. The van der Waals surface area contributed by atoms with E-state index in [0.29, 0.717) is 17.5 Å². The molecular formula is C53H34N4O. The molecule has 5 heteroatoms. The van der Waals surface area contributed by atoms with Gasteiger partial charge in [0.15, 0.2) is 17.5 Å². The van der Waals surface area contributed by atoms with Crippen LogP contribution in [0, 0.1) is 0 Å².